The molecule has 2 heteroatoms. The molecule has 1 atom stereocenters. The molecule has 0 radical (unpaired) electrons. The molecule has 0 aromatic rings. The number of carbonyl (C=O) groups is 1. The van der Waals surface area contributed by atoms with E-state index in [0.29, 0.717) is 13.0 Å². The molecule has 2 nitrogen and oxygen atoms in total. The fourth-order valence-electron chi connectivity index (χ4n) is 5.77. The van der Waals surface area contributed by atoms with E-state index in [1.165, 1.54) is 148 Å². The quantitative estimate of drug-likeness (QED) is 0.0403. The van der Waals surface area contributed by atoms with E-state index in [9.17, 15) is 4.79 Å². The highest BCUT2D eigenvalue weighted by Gasteiger charge is 2.03. The Balaban J connectivity index is 3.22. The maximum atomic E-state index is 12.0. The number of hydrogen-bond donors (Lipinski definition) is 0. The molecule has 0 saturated carbocycles. The number of hydrogen-bond acceptors (Lipinski definition) is 2. The Bertz CT molecular complexity index is 646. The fraction of sp³-hybridized carbons (Fsp3) is 0.833. The molecule has 0 heterocycles. The summed E-state index contributed by atoms with van der Waals surface area (Å²) in [7, 11) is 0. The van der Waals surface area contributed by atoms with Crippen LogP contribution in [0.3, 0.4) is 0 Å². The van der Waals surface area contributed by atoms with Crippen LogP contribution < -0.4 is 0 Å². The van der Waals surface area contributed by atoms with Crippen LogP contribution in [-0.2, 0) is 9.53 Å². The van der Waals surface area contributed by atoms with Gasteiger partial charge in [-0.1, -0.05) is 198 Å². The summed E-state index contributed by atoms with van der Waals surface area (Å²) in [5.74, 6) is 0.939. The standard InChI is InChI=1S/C42H78O2/c1-4-6-7-8-9-10-11-12-17-21-24-27-30-33-36-39-42(43)44-40-37-34-31-28-25-22-19-16-14-13-15-18-20-23-26-29-32-35-38-41(3)5-2/h6-7,9-10,12,17,41H,4-5,8,11,13-16,18-40H2,1-3H3/b7-6-,10-9-,17-12-. The van der Waals surface area contributed by atoms with Gasteiger partial charge in [-0.15, -0.1) is 0 Å². The third kappa shape index (κ3) is 36.9. The van der Waals surface area contributed by atoms with E-state index in [-0.39, 0.29) is 5.97 Å². The zero-order chi connectivity index (χ0) is 32.0. The van der Waals surface area contributed by atoms with Gasteiger partial charge in [-0.3, -0.25) is 4.79 Å². The van der Waals surface area contributed by atoms with Crippen LogP contribution in [0.4, 0.5) is 0 Å². The van der Waals surface area contributed by atoms with E-state index in [0.717, 1.165) is 44.4 Å². The predicted octanol–water partition coefficient (Wildman–Crippen LogP) is 14.6. The molecule has 0 aliphatic rings. The Morgan fingerprint density at radius 2 is 0.909 bits per heavy atom. The Morgan fingerprint density at radius 1 is 0.500 bits per heavy atom. The number of ether oxygens (including phenoxy) is 1. The first-order chi connectivity index (χ1) is 21.7. The Hall–Kier alpha value is -1.31. The second-order valence-corrected chi connectivity index (χ2v) is 13.5. The minimum Gasteiger partial charge on any atom is -0.466 e. The minimum atomic E-state index is 0.00838. The number of rotatable bonds is 35. The summed E-state index contributed by atoms with van der Waals surface area (Å²) >= 11 is 0. The summed E-state index contributed by atoms with van der Waals surface area (Å²) in [6, 6.07) is 0. The van der Waals surface area contributed by atoms with Gasteiger partial charge in [0.15, 0.2) is 0 Å². The highest BCUT2D eigenvalue weighted by Crippen LogP contribution is 2.16. The first kappa shape index (κ1) is 42.7. The van der Waals surface area contributed by atoms with Gasteiger partial charge in [0.25, 0.3) is 0 Å². The summed E-state index contributed by atoms with van der Waals surface area (Å²) in [5, 5.41) is 0. The van der Waals surface area contributed by atoms with Crippen LogP contribution in [0.15, 0.2) is 36.5 Å². The maximum absolute atomic E-state index is 12.0. The van der Waals surface area contributed by atoms with Gasteiger partial charge in [-0.2, -0.15) is 0 Å². The lowest BCUT2D eigenvalue weighted by molar-refractivity contribution is -0.143. The van der Waals surface area contributed by atoms with Gasteiger partial charge in [-0.05, 0) is 50.9 Å². The monoisotopic (exact) mass is 615 g/mol. The molecular weight excluding hydrogens is 536 g/mol. The van der Waals surface area contributed by atoms with E-state index in [2.05, 4.69) is 57.2 Å². The first-order valence-corrected chi connectivity index (χ1v) is 19.8. The molecule has 0 aliphatic heterocycles. The van der Waals surface area contributed by atoms with Gasteiger partial charge < -0.3 is 4.74 Å². The summed E-state index contributed by atoms with van der Waals surface area (Å²) in [4.78, 5) is 12.0. The third-order valence-corrected chi connectivity index (χ3v) is 9.08. The summed E-state index contributed by atoms with van der Waals surface area (Å²) in [6.07, 6.45) is 52.2. The van der Waals surface area contributed by atoms with Crippen molar-refractivity contribution in [1.82, 2.24) is 0 Å². The first-order valence-electron chi connectivity index (χ1n) is 19.8. The molecule has 0 fully saturated rings. The van der Waals surface area contributed by atoms with Gasteiger partial charge in [0, 0.05) is 6.42 Å². The topological polar surface area (TPSA) is 26.3 Å². The molecule has 44 heavy (non-hydrogen) atoms. The summed E-state index contributed by atoms with van der Waals surface area (Å²) in [6.45, 7) is 7.50. The lowest BCUT2D eigenvalue weighted by Crippen LogP contribution is -2.05. The molecule has 0 spiro atoms. The molecule has 0 aliphatic carbocycles. The van der Waals surface area contributed by atoms with E-state index in [1.54, 1.807) is 0 Å². The molecule has 0 saturated heterocycles. The molecule has 0 bridgehead atoms. The number of carbonyl (C=O) groups excluding carboxylic acids is 1. The molecule has 0 rings (SSSR count). The molecule has 0 N–H and O–H groups in total. The zero-order valence-electron chi connectivity index (χ0n) is 30.3. The van der Waals surface area contributed by atoms with Crippen molar-refractivity contribution in [3.05, 3.63) is 36.5 Å². The van der Waals surface area contributed by atoms with Crippen molar-refractivity contribution in [3.8, 4) is 0 Å². The molecule has 0 aromatic heterocycles. The van der Waals surface area contributed by atoms with Crippen molar-refractivity contribution in [2.45, 2.75) is 213 Å². The van der Waals surface area contributed by atoms with E-state index in [4.69, 9.17) is 4.74 Å². The van der Waals surface area contributed by atoms with Crippen molar-refractivity contribution in [1.29, 1.82) is 0 Å². The van der Waals surface area contributed by atoms with Crippen molar-refractivity contribution in [3.63, 3.8) is 0 Å². The highest BCUT2D eigenvalue weighted by molar-refractivity contribution is 5.69. The average molecular weight is 615 g/mol. The van der Waals surface area contributed by atoms with Crippen LogP contribution in [0, 0.1) is 5.92 Å². The third-order valence-electron chi connectivity index (χ3n) is 9.08. The van der Waals surface area contributed by atoms with Crippen LogP contribution in [0.5, 0.6) is 0 Å². The zero-order valence-corrected chi connectivity index (χ0v) is 30.3. The molecule has 258 valence electrons. The van der Waals surface area contributed by atoms with Crippen molar-refractivity contribution < 1.29 is 9.53 Å². The van der Waals surface area contributed by atoms with Crippen molar-refractivity contribution in [2.75, 3.05) is 6.61 Å². The van der Waals surface area contributed by atoms with Gasteiger partial charge in [0.2, 0.25) is 0 Å². The number of esters is 1. The Kier molecular flexibility index (Phi) is 36.7. The minimum absolute atomic E-state index is 0.00838. The molecule has 1 unspecified atom stereocenters. The Morgan fingerprint density at radius 3 is 1.41 bits per heavy atom. The summed E-state index contributed by atoms with van der Waals surface area (Å²) < 4.78 is 5.45. The molecule has 0 amide bonds. The van der Waals surface area contributed by atoms with Crippen molar-refractivity contribution in [2.24, 2.45) is 5.92 Å². The lowest BCUT2D eigenvalue weighted by Gasteiger charge is -2.07. The Labute approximate surface area is 277 Å². The largest absolute Gasteiger partial charge is 0.466 e. The van der Waals surface area contributed by atoms with Gasteiger partial charge in [0.05, 0.1) is 6.61 Å². The normalized spacial score (nSPS) is 12.7. The van der Waals surface area contributed by atoms with Crippen molar-refractivity contribution >= 4 is 5.97 Å². The molecule has 0 aromatic carbocycles. The van der Waals surface area contributed by atoms with Crippen LogP contribution >= 0.6 is 0 Å². The van der Waals surface area contributed by atoms with E-state index >= 15 is 0 Å². The second-order valence-electron chi connectivity index (χ2n) is 13.5. The molecular formula is C42H78O2. The fourth-order valence-corrected chi connectivity index (χ4v) is 5.77. The van der Waals surface area contributed by atoms with Crippen LogP contribution in [0.2, 0.25) is 0 Å². The van der Waals surface area contributed by atoms with E-state index in [1.807, 2.05) is 0 Å². The summed E-state index contributed by atoms with van der Waals surface area (Å²) in [5.41, 5.74) is 0. The van der Waals surface area contributed by atoms with Crippen LogP contribution in [0.25, 0.3) is 0 Å². The maximum Gasteiger partial charge on any atom is 0.305 e. The SMILES string of the molecule is CC/C=C\C/C=C\C/C=C\CCCCCCCC(=O)OCCCCCCCCCCCCCCCCCCCCC(C)CC. The van der Waals surface area contributed by atoms with Gasteiger partial charge in [0.1, 0.15) is 0 Å². The van der Waals surface area contributed by atoms with Crippen LogP contribution in [0.1, 0.15) is 213 Å². The lowest BCUT2D eigenvalue weighted by atomic mass is 9.99. The highest BCUT2D eigenvalue weighted by atomic mass is 16.5. The smallest absolute Gasteiger partial charge is 0.305 e. The number of unbranched alkanes of at least 4 members (excludes halogenated alkanes) is 22. The predicted molar refractivity (Wildman–Crippen MR) is 197 cm³/mol. The van der Waals surface area contributed by atoms with E-state index < -0.39 is 0 Å². The number of allylic oxidation sites excluding steroid dienone is 6. The average Bonchev–Trinajstić information content (AvgIpc) is 3.03. The second kappa shape index (κ2) is 37.9. The van der Waals surface area contributed by atoms with Gasteiger partial charge >= 0.3 is 5.97 Å². The van der Waals surface area contributed by atoms with Gasteiger partial charge in [-0.25, -0.2) is 0 Å². The van der Waals surface area contributed by atoms with Crippen LogP contribution in [-0.4, -0.2) is 12.6 Å².